The van der Waals surface area contributed by atoms with E-state index < -0.39 is 0 Å². The van der Waals surface area contributed by atoms with Gasteiger partial charge < -0.3 is 25.2 Å². The van der Waals surface area contributed by atoms with Crippen molar-refractivity contribution in [2.45, 2.75) is 58.5 Å². The molecule has 4 rings (SSSR count). The Morgan fingerprint density at radius 2 is 1.76 bits per heavy atom. The molecule has 33 heavy (non-hydrogen) atoms. The number of ether oxygens (including phenoxy) is 1. The maximum atomic E-state index is 5.54. The zero-order valence-corrected chi connectivity index (χ0v) is 22.9. The molecule has 186 valence electrons. The van der Waals surface area contributed by atoms with Gasteiger partial charge in [0.1, 0.15) is 0 Å². The van der Waals surface area contributed by atoms with E-state index in [-0.39, 0.29) is 24.0 Å². The highest BCUT2D eigenvalue weighted by molar-refractivity contribution is 14.0. The lowest BCUT2D eigenvalue weighted by Crippen LogP contribution is -2.49. The predicted molar refractivity (Wildman–Crippen MR) is 149 cm³/mol. The van der Waals surface area contributed by atoms with E-state index in [0.717, 1.165) is 37.6 Å². The molecular weight excluding hydrogens is 525 g/mol. The Labute approximate surface area is 217 Å². The molecular formula is C26H44IN5O. The van der Waals surface area contributed by atoms with Crippen molar-refractivity contribution in [3.63, 3.8) is 0 Å². The van der Waals surface area contributed by atoms with Crippen LogP contribution >= 0.6 is 24.0 Å². The predicted octanol–water partition coefficient (Wildman–Crippen LogP) is 4.10. The average Bonchev–Trinajstić information content (AvgIpc) is 3.33. The van der Waals surface area contributed by atoms with Gasteiger partial charge in [-0.3, -0.25) is 0 Å². The van der Waals surface area contributed by atoms with Crippen LogP contribution in [0, 0.1) is 11.8 Å². The number of likely N-dealkylation sites (tertiary alicyclic amines) is 1. The number of guanidine groups is 1. The maximum Gasteiger partial charge on any atom is 0.191 e. The summed E-state index contributed by atoms with van der Waals surface area (Å²) in [5, 5.41) is 7.13. The average molecular weight is 570 g/mol. The zero-order chi connectivity index (χ0) is 22.2. The molecule has 0 bridgehead atoms. The van der Waals surface area contributed by atoms with E-state index >= 15 is 0 Å². The fourth-order valence-corrected chi connectivity index (χ4v) is 5.12. The Bertz CT molecular complexity index is 706. The summed E-state index contributed by atoms with van der Waals surface area (Å²) < 4.78 is 5.54. The highest BCUT2D eigenvalue weighted by Crippen LogP contribution is 2.23. The fraction of sp³-hybridized carbons (Fsp3) is 0.731. The summed E-state index contributed by atoms with van der Waals surface area (Å²) in [6.45, 7) is 13.9. The summed E-state index contributed by atoms with van der Waals surface area (Å²) in [6.07, 6.45) is 6.20. The van der Waals surface area contributed by atoms with Crippen molar-refractivity contribution in [3.05, 3.63) is 29.8 Å². The Kier molecular flexibility index (Phi) is 11.0. The van der Waals surface area contributed by atoms with E-state index in [4.69, 9.17) is 9.73 Å². The Morgan fingerprint density at radius 1 is 1.03 bits per heavy atom. The number of hydrogen-bond donors (Lipinski definition) is 2. The van der Waals surface area contributed by atoms with Gasteiger partial charge in [-0.1, -0.05) is 19.1 Å². The van der Waals surface area contributed by atoms with Gasteiger partial charge in [-0.2, -0.15) is 0 Å². The van der Waals surface area contributed by atoms with Crippen molar-refractivity contribution in [2.24, 2.45) is 16.8 Å². The van der Waals surface area contributed by atoms with Gasteiger partial charge in [0.25, 0.3) is 0 Å². The monoisotopic (exact) mass is 569 g/mol. The number of anilines is 1. The molecule has 0 saturated carbocycles. The quantitative estimate of drug-likeness (QED) is 0.295. The van der Waals surface area contributed by atoms with Crippen molar-refractivity contribution >= 4 is 35.6 Å². The van der Waals surface area contributed by atoms with E-state index in [1.807, 2.05) is 0 Å². The minimum Gasteiger partial charge on any atom is -0.381 e. The van der Waals surface area contributed by atoms with Crippen molar-refractivity contribution in [1.29, 1.82) is 0 Å². The molecule has 0 aliphatic carbocycles. The van der Waals surface area contributed by atoms with Gasteiger partial charge in [0, 0.05) is 57.6 Å². The minimum absolute atomic E-state index is 0. The van der Waals surface area contributed by atoms with Gasteiger partial charge in [-0.15, -0.1) is 24.0 Å². The number of aliphatic imine (C=N–C) groups is 1. The molecule has 1 aromatic rings. The zero-order valence-electron chi connectivity index (χ0n) is 20.6. The van der Waals surface area contributed by atoms with Crippen LogP contribution < -0.4 is 15.5 Å². The van der Waals surface area contributed by atoms with Gasteiger partial charge in [-0.25, -0.2) is 4.99 Å². The van der Waals surface area contributed by atoms with Crippen LogP contribution in [-0.4, -0.2) is 69.4 Å². The minimum atomic E-state index is 0. The van der Waals surface area contributed by atoms with Crippen LogP contribution in [0.15, 0.2) is 29.3 Å². The molecule has 6 nitrogen and oxygen atoms in total. The van der Waals surface area contributed by atoms with E-state index in [9.17, 15) is 0 Å². The first-order valence-electron chi connectivity index (χ1n) is 12.9. The Morgan fingerprint density at radius 3 is 2.39 bits per heavy atom. The second kappa shape index (κ2) is 13.7. The summed E-state index contributed by atoms with van der Waals surface area (Å²) in [7, 11) is 0. The fourth-order valence-electron chi connectivity index (χ4n) is 5.12. The summed E-state index contributed by atoms with van der Waals surface area (Å²) in [6, 6.07) is 9.53. The third-order valence-electron chi connectivity index (χ3n) is 7.32. The van der Waals surface area contributed by atoms with Crippen molar-refractivity contribution in [1.82, 2.24) is 15.5 Å². The Balaban J connectivity index is 0.00000306. The number of nitrogens with one attached hydrogen (secondary N) is 2. The van der Waals surface area contributed by atoms with Gasteiger partial charge in [0.2, 0.25) is 0 Å². The normalized spacial score (nSPS) is 23.4. The maximum absolute atomic E-state index is 5.54. The van der Waals surface area contributed by atoms with E-state index in [0.29, 0.717) is 12.6 Å². The summed E-state index contributed by atoms with van der Waals surface area (Å²) >= 11 is 0. The standard InChI is InChI=1S/C26H43N5O.HI/c1-3-27-26(29-24-10-13-30(14-11-24)19-23-12-17-32-20-23)28-18-22-4-6-25(7-5-22)31-15-8-21(2)9-16-31;/h4-7,21,23-24H,3,8-20H2,1-2H3,(H2,27,28,29);1H. The lowest BCUT2D eigenvalue weighted by molar-refractivity contribution is 0.150. The van der Waals surface area contributed by atoms with Crippen LogP contribution in [0.25, 0.3) is 0 Å². The number of rotatable bonds is 7. The number of hydrogen-bond acceptors (Lipinski definition) is 4. The highest BCUT2D eigenvalue weighted by atomic mass is 127. The third-order valence-corrected chi connectivity index (χ3v) is 7.32. The van der Waals surface area contributed by atoms with Gasteiger partial charge >= 0.3 is 0 Å². The van der Waals surface area contributed by atoms with E-state index in [1.165, 1.54) is 76.1 Å². The summed E-state index contributed by atoms with van der Waals surface area (Å²) in [4.78, 5) is 10.0. The molecule has 2 N–H and O–H groups in total. The number of benzene rings is 1. The van der Waals surface area contributed by atoms with Crippen LogP contribution in [-0.2, 0) is 11.3 Å². The molecule has 0 aromatic heterocycles. The second-order valence-corrected chi connectivity index (χ2v) is 9.98. The molecule has 3 heterocycles. The molecule has 1 atom stereocenters. The first-order valence-corrected chi connectivity index (χ1v) is 12.9. The molecule has 3 aliphatic heterocycles. The van der Waals surface area contributed by atoms with Crippen LogP contribution in [0.5, 0.6) is 0 Å². The van der Waals surface area contributed by atoms with Crippen LogP contribution in [0.3, 0.4) is 0 Å². The lowest BCUT2D eigenvalue weighted by atomic mass is 9.99. The van der Waals surface area contributed by atoms with Gasteiger partial charge in [0.15, 0.2) is 5.96 Å². The van der Waals surface area contributed by atoms with Crippen molar-refractivity contribution in [2.75, 3.05) is 57.4 Å². The topological polar surface area (TPSA) is 52.1 Å². The van der Waals surface area contributed by atoms with E-state index in [2.05, 4.69) is 58.5 Å². The lowest BCUT2D eigenvalue weighted by Gasteiger charge is -2.34. The molecule has 3 aliphatic rings. The second-order valence-electron chi connectivity index (χ2n) is 9.98. The molecule has 0 amide bonds. The molecule has 0 spiro atoms. The van der Waals surface area contributed by atoms with Crippen molar-refractivity contribution in [3.8, 4) is 0 Å². The van der Waals surface area contributed by atoms with Gasteiger partial charge in [-0.05, 0) is 68.6 Å². The third kappa shape index (κ3) is 8.28. The van der Waals surface area contributed by atoms with Crippen LogP contribution in [0.4, 0.5) is 5.69 Å². The SMILES string of the molecule is CCNC(=NCc1ccc(N2CCC(C)CC2)cc1)NC1CCN(CC2CCOC2)CC1.I. The molecule has 7 heteroatoms. The van der Waals surface area contributed by atoms with Gasteiger partial charge in [0.05, 0.1) is 13.2 Å². The molecule has 3 saturated heterocycles. The van der Waals surface area contributed by atoms with Crippen LogP contribution in [0.1, 0.15) is 51.5 Å². The summed E-state index contributed by atoms with van der Waals surface area (Å²) in [5.74, 6) is 2.55. The molecule has 1 unspecified atom stereocenters. The molecule has 3 fully saturated rings. The van der Waals surface area contributed by atoms with Crippen LogP contribution in [0.2, 0.25) is 0 Å². The first-order chi connectivity index (χ1) is 15.7. The number of nitrogens with zero attached hydrogens (tertiary/aromatic N) is 3. The number of piperidine rings is 2. The Hall–Kier alpha value is -1.06. The largest absolute Gasteiger partial charge is 0.381 e. The molecule has 0 radical (unpaired) electrons. The summed E-state index contributed by atoms with van der Waals surface area (Å²) in [5.41, 5.74) is 2.62. The smallest absolute Gasteiger partial charge is 0.191 e. The first kappa shape index (κ1) is 26.5. The highest BCUT2D eigenvalue weighted by Gasteiger charge is 2.24. The van der Waals surface area contributed by atoms with Crippen molar-refractivity contribution < 1.29 is 4.74 Å². The molecule has 1 aromatic carbocycles. The number of halogens is 1. The van der Waals surface area contributed by atoms with E-state index in [1.54, 1.807) is 0 Å².